The van der Waals surface area contributed by atoms with Gasteiger partial charge in [-0.15, -0.1) is 0 Å². The summed E-state index contributed by atoms with van der Waals surface area (Å²) in [6.45, 7) is 2.35. The summed E-state index contributed by atoms with van der Waals surface area (Å²) in [5, 5.41) is 8.31. The maximum Gasteiger partial charge on any atom is 0.273 e. The number of aromatic amines is 1. The molecule has 3 aromatic rings. The summed E-state index contributed by atoms with van der Waals surface area (Å²) in [6.07, 6.45) is 3.23. The molecule has 0 bridgehead atoms. The number of fused-ring (bicyclic) bond motifs is 6. The standard InChI is InChI=1S/C25H28N4O2/c1-31-21-8-4-6-17-16(21)10-9-15-13-26-20(22(15)17)11-12-29-14-27-23-18-5-2-3-7-19(18)28-24(23)25(29)30/h2-8,15,20,22,26-28H,9-14H2,1H3. The van der Waals surface area contributed by atoms with E-state index >= 15 is 0 Å². The lowest BCUT2D eigenvalue weighted by Crippen LogP contribution is -2.42. The summed E-state index contributed by atoms with van der Waals surface area (Å²) < 4.78 is 5.64. The van der Waals surface area contributed by atoms with Gasteiger partial charge in [-0.25, -0.2) is 0 Å². The van der Waals surface area contributed by atoms with Gasteiger partial charge in [-0.1, -0.05) is 30.3 Å². The number of benzene rings is 2. The molecule has 2 aliphatic heterocycles. The van der Waals surface area contributed by atoms with Gasteiger partial charge in [-0.05, 0) is 55.0 Å². The fourth-order valence-corrected chi connectivity index (χ4v) is 5.97. The van der Waals surface area contributed by atoms with Crippen LogP contribution in [0, 0.1) is 5.92 Å². The Hall–Kier alpha value is -2.99. The van der Waals surface area contributed by atoms with E-state index in [2.05, 4.69) is 39.9 Å². The average molecular weight is 417 g/mol. The summed E-state index contributed by atoms with van der Waals surface area (Å²) in [7, 11) is 1.76. The largest absolute Gasteiger partial charge is 0.496 e. The summed E-state index contributed by atoms with van der Waals surface area (Å²) in [6, 6.07) is 14.9. The van der Waals surface area contributed by atoms with Crippen molar-refractivity contribution in [2.45, 2.75) is 31.2 Å². The van der Waals surface area contributed by atoms with E-state index in [1.54, 1.807) is 7.11 Å². The van der Waals surface area contributed by atoms with Gasteiger partial charge in [-0.2, -0.15) is 0 Å². The molecule has 160 valence electrons. The van der Waals surface area contributed by atoms with Crippen LogP contribution in [-0.2, 0) is 6.42 Å². The molecular weight excluding hydrogens is 388 g/mol. The van der Waals surface area contributed by atoms with Crippen LogP contribution >= 0.6 is 0 Å². The first kappa shape index (κ1) is 18.8. The molecule has 1 fully saturated rings. The highest BCUT2D eigenvalue weighted by atomic mass is 16.5. The van der Waals surface area contributed by atoms with Gasteiger partial charge in [0.15, 0.2) is 0 Å². The summed E-state index contributed by atoms with van der Waals surface area (Å²) in [5.74, 6) is 2.27. The second kappa shape index (κ2) is 7.31. The van der Waals surface area contributed by atoms with Crippen molar-refractivity contribution >= 4 is 22.5 Å². The number of methoxy groups -OCH3 is 1. The first-order valence-corrected chi connectivity index (χ1v) is 11.3. The molecule has 3 heterocycles. The van der Waals surface area contributed by atoms with Crippen LogP contribution in [0.4, 0.5) is 5.69 Å². The smallest absolute Gasteiger partial charge is 0.273 e. The van der Waals surface area contributed by atoms with E-state index in [0.717, 1.165) is 48.3 Å². The molecule has 3 unspecified atom stereocenters. The summed E-state index contributed by atoms with van der Waals surface area (Å²) in [5.41, 5.74) is 5.43. The molecule has 1 aromatic heterocycles. The van der Waals surface area contributed by atoms with Gasteiger partial charge < -0.3 is 25.3 Å². The molecule has 1 aliphatic carbocycles. The number of ether oxygens (including phenoxy) is 1. The minimum Gasteiger partial charge on any atom is -0.496 e. The van der Waals surface area contributed by atoms with Crippen molar-refractivity contribution in [3.63, 3.8) is 0 Å². The topological polar surface area (TPSA) is 69.4 Å². The number of H-pyrrole nitrogens is 1. The van der Waals surface area contributed by atoms with Crippen molar-refractivity contribution in [3.8, 4) is 5.75 Å². The van der Waals surface area contributed by atoms with Crippen molar-refractivity contribution in [1.82, 2.24) is 15.2 Å². The molecule has 6 rings (SSSR count). The highest BCUT2D eigenvalue weighted by Gasteiger charge is 2.41. The average Bonchev–Trinajstić information content (AvgIpc) is 3.40. The SMILES string of the molecule is COc1cccc2c1CCC1CNC(CCN3CNc4c([nH]c5ccccc45)C3=O)C21. The quantitative estimate of drug-likeness (QED) is 0.607. The normalized spacial score (nSPS) is 24.5. The highest BCUT2D eigenvalue weighted by Crippen LogP contribution is 2.45. The summed E-state index contributed by atoms with van der Waals surface area (Å²) in [4.78, 5) is 18.4. The number of carbonyl (C=O) groups is 1. The second-order valence-electron chi connectivity index (χ2n) is 8.98. The number of nitrogens with zero attached hydrogens (tertiary/aromatic N) is 1. The van der Waals surface area contributed by atoms with Gasteiger partial charge in [0.25, 0.3) is 5.91 Å². The third-order valence-electron chi connectivity index (χ3n) is 7.46. The predicted molar refractivity (Wildman–Crippen MR) is 122 cm³/mol. The Bertz CT molecular complexity index is 1150. The van der Waals surface area contributed by atoms with Crippen molar-refractivity contribution in [2.24, 2.45) is 5.92 Å². The maximum atomic E-state index is 13.2. The number of carbonyl (C=O) groups excluding carboxylic acids is 1. The third-order valence-corrected chi connectivity index (χ3v) is 7.46. The maximum absolute atomic E-state index is 13.2. The second-order valence-corrected chi connectivity index (χ2v) is 8.98. The van der Waals surface area contributed by atoms with Crippen LogP contribution in [0.3, 0.4) is 0 Å². The lowest BCUT2D eigenvalue weighted by Gasteiger charge is -2.34. The zero-order valence-corrected chi connectivity index (χ0v) is 17.8. The number of amides is 1. The van der Waals surface area contributed by atoms with Gasteiger partial charge in [0.1, 0.15) is 11.4 Å². The molecule has 3 atom stereocenters. The van der Waals surface area contributed by atoms with E-state index in [9.17, 15) is 4.79 Å². The van der Waals surface area contributed by atoms with Crippen LogP contribution < -0.4 is 15.4 Å². The van der Waals surface area contributed by atoms with E-state index in [-0.39, 0.29) is 5.91 Å². The van der Waals surface area contributed by atoms with Gasteiger partial charge in [0.2, 0.25) is 0 Å². The van der Waals surface area contributed by atoms with Crippen molar-refractivity contribution in [3.05, 3.63) is 59.3 Å². The monoisotopic (exact) mass is 416 g/mol. The molecule has 0 saturated carbocycles. The molecule has 1 amide bonds. The zero-order chi connectivity index (χ0) is 20.9. The first-order chi connectivity index (χ1) is 15.2. The van der Waals surface area contributed by atoms with E-state index in [4.69, 9.17) is 4.74 Å². The van der Waals surface area contributed by atoms with Gasteiger partial charge in [-0.3, -0.25) is 4.79 Å². The Morgan fingerprint density at radius 3 is 2.97 bits per heavy atom. The molecule has 0 spiro atoms. The van der Waals surface area contributed by atoms with Gasteiger partial charge in [0.05, 0.1) is 19.5 Å². The molecular formula is C25H28N4O2. The van der Waals surface area contributed by atoms with Crippen LogP contribution in [0.2, 0.25) is 0 Å². The third kappa shape index (κ3) is 2.92. The molecule has 6 nitrogen and oxygen atoms in total. The Kier molecular flexibility index (Phi) is 4.42. The number of rotatable bonds is 4. The van der Waals surface area contributed by atoms with E-state index in [1.807, 2.05) is 23.1 Å². The van der Waals surface area contributed by atoms with Gasteiger partial charge in [0, 0.05) is 29.4 Å². The number of hydrogen-bond donors (Lipinski definition) is 3. The lowest BCUT2D eigenvalue weighted by atomic mass is 9.73. The number of aromatic nitrogens is 1. The molecule has 1 saturated heterocycles. The van der Waals surface area contributed by atoms with Crippen LogP contribution in [0.25, 0.3) is 10.9 Å². The number of anilines is 1. The number of para-hydroxylation sites is 1. The fourth-order valence-electron chi connectivity index (χ4n) is 5.97. The van der Waals surface area contributed by atoms with E-state index in [0.29, 0.717) is 30.2 Å². The molecule has 0 radical (unpaired) electrons. The molecule has 31 heavy (non-hydrogen) atoms. The Labute approximate surface area is 182 Å². The van der Waals surface area contributed by atoms with Crippen molar-refractivity contribution in [2.75, 3.05) is 32.2 Å². The minimum absolute atomic E-state index is 0.0882. The number of hydrogen-bond acceptors (Lipinski definition) is 4. The van der Waals surface area contributed by atoms with E-state index < -0.39 is 0 Å². The Morgan fingerprint density at radius 1 is 1.16 bits per heavy atom. The Morgan fingerprint density at radius 2 is 2.06 bits per heavy atom. The van der Waals surface area contributed by atoms with Crippen LogP contribution in [-0.4, -0.2) is 48.7 Å². The van der Waals surface area contributed by atoms with Crippen LogP contribution in [0.5, 0.6) is 5.75 Å². The molecule has 3 aliphatic rings. The van der Waals surface area contributed by atoms with Crippen molar-refractivity contribution < 1.29 is 9.53 Å². The molecule has 2 aromatic carbocycles. The summed E-state index contributed by atoms with van der Waals surface area (Å²) >= 11 is 0. The predicted octanol–water partition coefficient (Wildman–Crippen LogP) is 3.71. The molecule has 3 N–H and O–H groups in total. The highest BCUT2D eigenvalue weighted by molar-refractivity contribution is 6.09. The number of nitrogens with one attached hydrogen (secondary N) is 3. The lowest BCUT2D eigenvalue weighted by molar-refractivity contribution is 0.0746. The first-order valence-electron chi connectivity index (χ1n) is 11.3. The zero-order valence-electron chi connectivity index (χ0n) is 17.8. The van der Waals surface area contributed by atoms with E-state index in [1.165, 1.54) is 17.5 Å². The Balaban J connectivity index is 1.21. The van der Waals surface area contributed by atoms with Crippen LogP contribution in [0.15, 0.2) is 42.5 Å². The van der Waals surface area contributed by atoms with Crippen molar-refractivity contribution in [1.29, 1.82) is 0 Å². The minimum atomic E-state index is 0.0882. The molecule has 6 heteroatoms. The van der Waals surface area contributed by atoms with Gasteiger partial charge >= 0.3 is 0 Å². The fraction of sp³-hybridized carbons (Fsp3) is 0.400. The van der Waals surface area contributed by atoms with Crippen LogP contribution in [0.1, 0.15) is 40.4 Å².